The zero-order valence-electron chi connectivity index (χ0n) is 15.7. The summed E-state index contributed by atoms with van der Waals surface area (Å²) >= 11 is 1.63. The number of aromatic nitrogens is 5. The first-order chi connectivity index (χ1) is 13.0. The number of para-hydroxylation sites is 1. The normalized spacial score (nSPS) is 12.6. The molecule has 0 aliphatic rings. The molecule has 4 aromatic rings. The second-order valence-corrected chi connectivity index (χ2v) is 7.67. The molecule has 1 aromatic carbocycles. The van der Waals surface area contributed by atoms with E-state index in [1.807, 2.05) is 46.0 Å². The van der Waals surface area contributed by atoms with Gasteiger partial charge in [-0.15, -0.1) is 11.3 Å². The number of nitrogens with zero attached hydrogens (tertiary/aromatic N) is 6. The quantitative estimate of drug-likeness (QED) is 0.544. The number of thiazole rings is 1. The van der Waals surface area contributed by atoms with Crippen LogP contribution in [0, 0.1) is 13.8 Å². The second kappa shape index (κ2) is 6.70. The summed E-state index contributed by atoms with van der Waals surface area (Å²) in [6.07, 6.45) is 1.74. The molecule has 1 amide bonds. The summed E-state index contributed by atoms with van der Waals surface area (Å²) in [6, 6.07) is 7.93. The molecule has 27 heavy (non-hydrogen) atoms. The summed E-state index contributed by atoms with van der Waals surface area (Å²) in [7, 11) is 1.82. The Hall–Kier alpha value is -2.87. The van der Waals surface area contributed by atoms with Gasteiger partial charge in [-0.05, 0) is 32.9 Å². The molecule has 7 nitrogen and oxygen atoms in total. The summed E-state index contributed by atoms with van der Waals surface area (Å²) < 4.78 is 2.81. The van der Waals surface area contributed by atoms with Crippen molar-refractivity contribution in [3.05, 3.63) is 52.6 Å². The van der Waals surface area contributed by atoms with Crippen LogP contribution in [0.2, 0.25) is 0 Å². The maximum absolute atomic E-state index is 13.0. The number of rotatable bonds is 4. The topological polar surface area (TPSA) is 76.3 Å². The van der Waals surface area contributed by atoms with Crippen LogP contribution in [0.4, 0.5) is 0 Å². The van der Waals surface area contributed by atoms with Gasteiger partial charge < -0.3 is 4.90 Å². The number of carbonyl (C=O) groups is 1. The molecule has 1 atom stereocenters. The minimum atomic E-state index is -0.0985. The highest BCUT2D eigenvalue weighted by Crippen LogP contribution is 2.29. The molecule has 0 bridgehead atoms. The Kier molecular flexibility index (Phi) is 4.35. The molecular formula is C19H20N6OS. The lowest BCUT2D eigenvalue weighted by Gasteiger charge is -2.24. The van der Waals surface area contributed by atoms with Crippen LogP contribution in [0.3, 0.4) is 0 Å². The number of carbonyl (C=O) groups excluding carboxylic acids is 1. The number of amides is 1. The Morgan fingerprint density at radius 3 is 2.81 bits per heavy atom. The molecule has 0 unspecified atom stereocenters. The van der Waals surface area contributed by atoms with E-state index in [0.717, 1.165) is 32.2 Å². The van der Waals surface area contributed by atoms with Gasteiger partial charge in [-0.2, -0.15) is 10.1 Å². The van der Waals surface area contributed by atoms with Crippen molar-refractivity contribution in [2.75, 3.05) is 7.05 Å². The summed E-state index contributed by atoms with van der Waals surface area (Å²) in [5.41, 5.74) is 3.56. The molecule has 0 fully saturated rings. The maximum Gasteiger partial charge on any atom is 0.252 e. The standard InChI is InChI=1S/C19H20N6OS/c1-11-14(12(2)25-19(22-11)20-10-21-25)9-17(26)24(4)13(3)18-23-15-7-5-6-8-16(15)27-18/h5-8,10,13H,9H2,1-4H3/t13-/m0/s1. The molecule has 0 aliphatic heterocycles. The van der Waals surface area contributed by atoms with E-state index in [2.05, 4.69) is 26.1 Å². The van der Waals surface area contributed by atoms with Crippen molar-refractivity contribution >= 4 is 33.2 Å². The average molecular weight is 380 g/mol. The fourth-order valence-corrected chi connectivity index (χ4v) is 4.20. The van der Waals surface area contributed by atoms with E-state index in [1.165, 1.54) is 6.33 Å². The zero-order chi connectivity index (χ0) is 19.1. The van der Waals surface area contributed by atoms with Crippen LogP contribution in [0.1, 0.15) is 34.9 Å². The number of fused-ring (bicyclic) bond motifs is 2. The molecule has 0 radical (unpaired) electrons. The van der Waals surface area contributed by atoms with Gasteiger partial charge in [0.25, 0.3) is 5.78 Å². The Labute approximate surface area is 160 Å². The van der Waals surface area contributed by atoms with E-state index >= 15 is 0 Å². The third kappa shape index (κ3) is 3.06. The summed E-state index contributed by atoms with van der Waals surface area (Å²) in [5.74, 6) is 0.576. The van der Waals surface area contributed by atoms with Gasteiger partial charge in [0.15, 0.2) is 0 Å². The zero-order valence-corrected chi connectivity index (χ0v) is 16.5. The molecule has 0 aliphatic carbocycles. The van der Waals surface area contributed by atoms with Crippen LogP contribution < -0.4 is 0 Å². The SMILES string of the molecule is Cc1nc2ncnn2c(C)c1CC(=O)N(C)[C@@H](C)c1nc2ccccc2s1. The number of likely N-dealkylation sites (N-methyl/N-ethyl adjacent to an activating group) is 1. The Bertz CT molecular complexity index is 1110. The number of aryl methyl sites for hydroxylation is 2. The number of hydrogen-bond acceptors (Lipinski definition) is 6. The minimum Gasteiger partial charge on any atom is -0.336 e. The first-order valence-corrected chi connectivity index (χ1v) is 9.54. The Morgan fingerprint density at radius 1 is 1.26 bits per heavy atom. The number of hydrogen-bond donors (Lipinski definition) is 0. The van der Waals surface area contributed by atoms with Gasteiger partial charge in [0.2, 0.25) is 5.91 Å². The predicted molar refractivity (Wildman–Crippen MR) is 105 cm³/mol. The van der Waals surface area contributed by atoms with Crippen molar-refractivity contribution < 1.29 is 4.79 Å². The molecule has 0 saturated carbocycles. The van der Waals surface area contributed by atoms with E-state index in [-0.39, 0.29) is 18.4 Å². The summed E-state index contributed by atoms with van der Waals surface area (Å²) in [4.78, 5) is 28.0. The van der Waals surface area contributed by atoms with Gasteiger partial charge in [-0.1, -0.05) is 12.1 Å². The highest BCUT2D eigenvalue weighted by atomic mass is 32.1. The van der Waals surface area contributed by atoms with E-state index in [9.17, 15) is 4.79 Å². The molecule has 0 saturated heterocycles. The van der Waals surface area contributed by atoms with Crippen molar-refractivity contribution in [3.63, 3.8) is 0 Å². The van der Waals surface area contributed by atoms with E-state index in [4.69, 9.17) is 0 Å². The molecule has 4 rings (SSSR count). The molecule has 3 aromatic heterocycles. The van der Waals surface area contributed by atoms with Gasteiger partial charge in [-0.25, -0.2) is 14.5 Å². The van der Waals surface area contributed by atoms with Crippen molar-refractivity contribution in [2.24, 2.45) is 0 Å². The van der Waals surface area contributed by atoms with Crippen LogP contribution in [0.5, 0.6) is 0 Å². The van der Waals surface area contributed by atoms with Crippen molar-refractivity contribution in [1.29, 1.82) is 0 Å². The van der Waals surface area contributed by atoms with Crippen LogP contribution in [-0.4, -0.2) is 42.4 Å². The lowest BCUT2D eigenvalue weighted by molar-refractivity contribution is -0.131. The lowest BCUT2D eigenvalue weighted by Crippen LogP contribution is -2.31. The Balaban J connectivity index is 1.59. The Morgan fingerprint density at radius 2 is 2.04 bits per heavy atom. The fourth-order valence-electron chi connectivity index (χ4n) is 3.14. The van der Waals surface area contributed by atoms with Crippen LogP contribution in [-0.2, 0) is 11.2 Å². The van der Waals surface area contributed by atoms with E-state index in [1.54, 1.807) is 20.8 Å². The van der Waals surface area contributed by atoms with Crippen LogP contribution in [0.25, 0.3) is 16.0 Å². The van der Waals surface area contributed by atoms with Gasteiger partial charge in [0, 0.05) is 24.0 Å². The molecule has 138 valence electrons. The average Bonchev–Trinajstić information content (AvgIpc) is 3.30. The van der Waals surface area contributed by atoms with Crippen LogP contribution >= 0.6 is 11.3 Å². The summed E-state index contributed by atoms with van der Waals surface area (Å²) in [6.45, 7) is 5.85. The lowest BCUT2D eigenvalue weighted by atomic mass is 10.1. The highest BCUT2D eigenvalue weighted by Gasteiger charge is 2.23. The van der Waals surface area contributed by atoms with E-state index in [0.29, 0.717) is 5.78 Å². The van der Waals surface area contributed by atoms with E-state index < -0.39 is 0 Å². The molecular weight excluding hydrogens is 360 g/mol. The second-order valence-electron chi connectivity index (χ2n) is 6.61. The third-order valence-electron chi connectivity index (χ3n) is 4.96. The monoisotopic (exact) mass is 380 g/mol. The smallest absolute Gasteiger partial charge is 0.252 e. The molecule has 8 heteroatoms. The van der Waals surface area contributed by atoms with Crippen molar-refractivity contribution in [3.8, 4) is 0 Å². The third-order valence-corrected chi connectivity index (χ3v) is 6.17. The van der Waals surface area contributed by atoms with Crippen molar-refractivity contribution in [1.82, 2.24) is 29.5 Å². The molecule has 0 spiro atoms. The van der Waals surface area contributed by atoms with Gasteiger partial charge >= 0.3 is 0 Å². The van der Waals surface area contributed by atoms with Gasteiger partial charge in [0.05, 0.1) is 22.7 Å². The molecule has 3 heterocycles. The largest absolute Gasteiger partial charge is 0.336 e. The first kappa shape index (κ1) is 17.5. The van der Waals surface area contributed by atoms with Gasteiger partial charge in [0.1, 0.15) is 11.3 Å². The highest BCUT2D eigenvalue weighted by molar-refractivity contribution is 7.18. The summed E-state index contributed by atoms with van der Waals surface area (Å²) in [5, 5.41) is 5.12. The predicted octanol–water partition coefficient (Wildman–Crippen LogP) is 3.11. The number of benzene rings is 1. The fraction of sp³-hybridized carbons (Fsp3) is 0.316. The van der Waals surface area contributed by atoms with Crippen LogP contribution in [0.15, 0.2) is 30.6 Å². The molecule has 0 N–H and O–H groups in total. The maximum atomic E-state index is 13.0. The van der Waals surface area contributed by atoms with Crippen molar-refractivity contribution in [2.45, 2.75) is 33.2 Å². The minimum absolute atomic E-state index is 0.0224. The van der Waals surface area contributed by atoms with Gasteiger partial charge in [-0.3, -0.25) is 4.79 Å². The first-order valence-electron chi connectivity index (χ1n) is 8.72.